The fourth-order valence-electron chi connectivity index (χ4n) is 3.65. The van der Waals surface area contributed by atoms with Crippen LogP contribution in [-0.2, 0) is 26.7 Å². The van der Waals surface area contributed by atoms with Gasteiger partial charge in [0.05, 0.1) is 18.4 Å². The van der Waals surface area contributed by atoms with Gasteiger partial charge in [0.15, 0.2) is 0 Å². The summed E-state index contributed by atoms with van der Waals surface area (Å²) in [5.74, 6) is -1.58. The maximum Gasteiger partial charge on any atom is 0.261 e. The lowest BCUT2D eigenvalue weighted by Gasteiger charge is -2.15. The maximum atomic E-state index is 13.9. The number of nitrogens with zero attached hydrogens (tertiary/aromatic N) is 6. The zero-order valence-electron chi connectivity index (χ0n) is 17.6. The first-order valence-electron chi connectivity index (χ1n) is 10.1. The van der Waals surface area contributed by atoms with Crippen LogP contribution in [0.1, 0.15) is 27.2 Å². The van der Waals surface area contributed by atoms with Crippen LogP contribution in [0.2, 0.25) is 0 Å². The molecule has 1 amide bonds. The molecule has 0 radical (unpaired) electrons. The van der Waals surface area contributed by atoms with Gasteiger partial charge in [-0.2, -0.15) is 0 Å². The lowest BCUT2D eigenvalue weighted by molar-refractivity contribution is 0.0762. The van der Waals surface area contributed by atoms with Crippen molar-refractivity contribution in [3.05, 3.63) is 89.0 Å². The minimum Gasteiger partial charge on any atom is -0.472 e. The predicted molar refractivity (Wildman–Crippen MR) is 113 cm³/mol. The summed E-state index contributed by atoms with van der Waals surface area (Å²) < 4.78 is 34.3. The molecule has 0 unspecified atom stereocenters. The predicted octanol–water partition coefficient (Wildman–Crippen LogP) is 3.29. The van der Waals surface area contributed by atoms with E-state index in [-0.39, 0.29) is 29.5 Å². The third-order valence-electron chi connectivity index (χ3n) is 5.34. The summed E-state index contributed by atoms with van der Waals surface area (Å²) in [7, 11) is 1.80. The van der Waals surface area contributed by atoms with Crippen LogP contribution in [0.5, 0.6) is 5.88 Å². The third kappa shape index (κ3) is 4.14. The van der Waals surface area contributed by atoms with Crippen molar-refractivity contribution >= 4 is 5.91 Å². The Morgan fingerprint density at radius 3 is 2.64 bits per heavy atom. The van der Waals surface area contributed by atoms with E-state index >= 15 is 0 Å². The minimum atomic E-state index is -0.724. The average Bonchev–Trinajstić information content (AvgIpc) is 3.37. The molecular formula is C23H18F2N6O2. The second-order valence-corrected chi connectivity index (χ2v) is 7.66. The van der Waals surface area contributed by atoms with E-state index < -0.39 is 11.6 Å². The number of carbonyl (C=O) groups excluding carboxylic acids is 1. The van der Waals surface area contributed by atoms with Gasteiger partial charge in [0.25, 0.3) is 5.91 Å². The number of hydrogen-bond donors (Lipinski definition) is 0. The van der Waals surface area contributed by atoms with Crippen molar-refractivity contribution in [3.8, 4) is 17.1 Å². The largest absolute Gasteiger partial charge is 0.472 e. The molecule has 8 nitrogen and oxygen atoms in total. The first-order chi connectivity index (χ1) is 16.0. The van der Waals surface area contributed by atoms with Crippen LogP contribution in [0.25, 0.3) is 11.3 Å². The SMILES string of the molecule is Cn1cc(-c2ccc(CN3Cc4ncnc(OCc5ccc(F)cc5F)c4C3=O)cc2)nn1. The number of carbonyl (C=O) groups is 1. The molecule has 4 aromatic rings. The van der Waals surface area contributed by atoms with Crippen molar-refractivity contribution in [3.63, 3.8) is 0 Å². The van der Waals surface area contributed by atoms with E-state index in [0.717, 1.165) is 29.0 Å². The van der Waals surface area contributed by atoms with Gasteiger partial charge in [-0.05, 0) is 17.7 Å². The number of fused-ring (bicyclic) bond motifs is 1. The highest BCUT2D eigenvalue weighted by atomic mass is 19.1. The van der Waals surface area contributed by atoms with Crippen LogP contribution in [0.3, 0.4) is 0 Å². The first kappa shape index (κ1) is 20.7. The molecule has 1 aliphatic heterocycles. The van der Waals surface area contributed by atoms with Crippen LogP contribution >= 0.6 is 0 Å². The highest BCUT2D eigenvalue weighted by Gasteiger charge is 2.33. The van der Waals surface area contributed by atoms with Crippen molar-refractivity contribution in [2.45, 2.75) is 19.7 Å². The molecule has 33 heavy (non-hydrogen) atoms. The number of halogens is 2. The van der Waals surface area contributed by atoms with Gasteiger partial charge in [-0.15, -0.1) is 5.10 Å². The zero-order valence-corrected chi connectivity index (χ0v) is 17.6. The Kier molecular flexibility index (Phi) is 5.25. The molecule has 0 saturated carbocycles. The van der Waals surface area contributed by atoms with Gasteiger partial charge in [0.1, 0.15) is 35.8 Å². The van der Waals surface area contributed by atoms with Crippen molar-refractivity contribution in [1.29, 1.82) is 0 Å². The van der Waals surface area contributed by atoms with Gasteiger partial charge in [-0.25, -0.2) is 18.7 Å². The van der Waals surface area contributed by atoms with Gasteiger partial charge in [-0.1, -0.05) is 29.5 Å². The van der Waals surface area contributed by atoms with Crippen LogP contribution in [0, 0.1) is 11.6 Å². The third-order valence-corrected chi connectivity index (χ3v) is 5.34. The lowest BCUT2D eigenvalue weighted by Crippen LogP contribution is -2.23. The highest BCUT2D eigenvalue weighted by molar-refractivity contribution is 5.99. The Hall–Kier alpha value is -4.21. The number of aryl methyl sites for hydroxylation is 1. The molecule has 0 spiro atoms. The molecule has 1 aliphatic rings. The maximum absolute atomic E-state index is 13.9. The molecule has 0 saturated heterocycles. The molecule has 166 valence electrons. The van der Waals surface area contributed by atoms with E-state index in [1.807, 2.05) is 30.5 Å². The number of hydrogen-bond acceptors (Lipinski definition) is 6. The summed E-state index contributed by atoms with van der Waals surface area (Å²) in [4.78, 5) is 23.0. The van der Waals surface area contributed by atoms with E-state index in [9.17, 15) is 13.6 Å². The standard InChI is InChI=1S/C23H18F2N6O2/c1-30-10-19(28-29-30)15-4-2-14(3-5-15)9-31-11-20-21(23(31)32)22(27-13-26-20)33-12-16-6-7-17(24)8-18(16)25/h2-8,10,13H,9,11-12H2,1H3. The fraction of sp³-hybridized carbons (Fsp3) is 0.174. The monoisotopic (exact) mass is 448 g/mol. The topological polar surface area (TPSA) is 86.0 Å². The second kappa shape index (κ2) is 8.38. The van der Waals surface area contributed by atoms with Gasteiger partial charge in [0.2, 0.25) is 5.88 Å². The molecule has 0 bridgehead atoms. The minimum absolute atomic E-state index is 0.0780. The summed E-state index contributed by atoms with van der Waals surface area (Å²) in [6.45, 7) is 0.499. The van der Waals surface area contributed by atoms with E-state index in [1.54, 1.807) is 16.6 Å². The number of rotatable bonds is 6. The zero-order chi connectivity index (χ0) is 22.9. The van der Waals surface area contributed by atoms with E-state index in [0.29, 0.717) is 18.8 Å². The van der Waals surface area contributed by atoms with E-state index in [2.05, 4.69) is 20.3 Å². The van der Waals surface area contributed by atoms with Gasteiger partial charge >= 0.3 is 0 Å². The highest BCUT2D eigenvalue weighted by Crippen LogP contribution is 2.29. The Morgan fingerprint density at radius 2 is 1.91 bits per heavy atom. The van der Waals surface area contributed by atoms with E-state index in [1.165, 1.54) is 12.4 Å². The fourth-order valence-corrected chi connectivity index (χ4v) is 3.65. The lowest BCUT2D eigenvalue weighted by atomic mass is 10.1. The number of amides is 1. The van der Waals surface area contributed by atoms with Crippen LogP contribution in [0.15, 0.2) is 55.0 Å². The summed E-state index contributed by atoms with van der Waals surface area (Å²) in [5, 5.41) is 8.03. The quantitative estimate of drug-likeness (QED) is 0.450. The normalized spacial score (nSPS) is 12.8. The van der Waals surface area contributed by atoms with Crippen LogP contribution in [-0.4, -0.2) is 35.8 Å². The first-order valence-corrected chi connectivity index (χ1v) is 10.1. The number of benzene rings is 2. The molecule has 5 rings (SSSR count). The molecule has 2 aromatic carbocycles. The molecule has 0 N–H and O–H groups in total. The Bertz CT molecular complexity index is 1340. The molecule has 10 heteroatoms. The average molecular weight is 448 g/mol. The molecule has 2 aromatic heterocycles. The summed E-state index contributed by atoms with van der Waals surface area (Å²) in [6.07, 6.45) is 3.13. The van der Waals surface area contributed by atoms with Crippen molar-refractivity contribution in [2.24, 2.45) is 7.05 Å². The van der Waals surface area contributed by atoms with Crippen LogP contribution < -0.4 is 4.74 Å². The van der Waals surface area contributed by atoms with Crippen molar-refractivity contribution < 1.29 is 18.3 Å². The molecular weight excluding hydrogens is 430 g/mol. The van der Waals surface area contributed by atoms with Gasteiger partial charge < -0.3 is 9.64 Å². The summed E-state index contributed by atoms with van der Waals surface area (Å²) in [6, 6.07) is 10.9. The molecule has 0 atom stereocenters. The summed E-state index contributed by atoms with van der Waals surface area (Å²) >= 11 is 0. The van der Waals surface area contributed by atoms with Crippen molar-refractivity contribution in [1.82, 2.24) is 29.9 Å². The van der Waals surface area contributed by atoms with Gasteiger partial charge in [0, 0.05) is 30.8 Å². The molecule has 0 fully saturated rings. The van der Waals surface area contributed by atoms with E-state index in [4.69, 9.17) is 4.74 Å². The second-order valence-electron chi connectivity index (χ2n) is 7.66. The summed E-state index contributed by atoms with van der Waals surface area (Å²) in [5.41, 5.74) is 3.60. The van der Waals surface area contributed by atoms with Crippen LogP contribution in [0.4, 0.5) is 8.78 Å². The molecule has 3 heterocycles. The number of aromatic nitrogens is 5. The Morgan fingerprint density at radius 1 is 1.09 bits per heavy atom. The number of ether oxygens (including phenoxy) is 1. The Balaban J connectivity index is 1.30. The smallest absolute Gasteiger partial charge is 0.261 e. The molecule has 0 aliphatic carbocycles. The van der Waals surface area contributed by atoms with Gasteiger partial charge in [-0.3, -0.25) is 9.48 Å². The van der Waals surface area contributed by atoms with Crippen molar-refractivity contribution in [2.75, 3.05) is 0 Å². The Labute approximate surface area is 187 Å².